The Morgan fingerprint density at radius 3 is 2.60 bits per heavy atom. The Hall–Kier alpha value is -1.55. The minimum absolute atomic E-state index is 0.262. The van der Waals surface area contributed by atoms with Crippen molar-refractivity contribution >= 4 is 22.5 Å². The molecule has 4 nitrogen and oxygen atoms in total. The molecule has 1 aromatic heterocycles. The second-order valence-electron chi connectivity index (χ2n) is 2.88. The number of fused-ring (bicyclic) bond motifs is 1. The molecular weight excluding hydrogens is 216 g/mol. The van der Waals surface area contributed by atoms with E-state index in [0.717, 1.165) is 16.7 Å². The third-order valence-corrected chi connectivity index (χ3v) is 2.31. The molecule has 0 saturated carbocycles. The molecule has 0 aliphatic carbocycles. The molecule has 5 heteroatoms. The maximum absolute atomic E-state index is 5.98. The van der Waals surface area contributed by atoms with Crippen molar-refractivity contribution in [2.24, 2.45) is 0 Å². The molecule has 0 N–H and O–H groups in total. The van der Waals surface area contributed by atoms with Crippen LogP contribution in [0.3, 0.4) is 0 Å². The smallest absolute Gasteiger partial charge is 0.318 e. The second-order valence-corrected chi connectivity index (χ2v) is 3.24. The van der Waals surface area contributed by atoms with Crippen molar-refractivity contribution in [3.8, 4) is 11.8 Å². The van der Waals surface area contributed by atoms with E-state index in [1.54, 1.807) is 13.2 Å². The van der Waals surface area contributed by atoms with E-state index >= 15 is 0 Å². The zero-order valence-electron chi connectivity index (χ0n) is 8.32. The van der Waals surface area contributed by atoms with Gasteiger partial charge in [-0.25, -0.2) is 0 Å². The van der Waals surface area contributed by atoms with Crippen LogP contribution in [0, 0.1) is 0 Å². The summed E-state index contributed by atoms with van der Waals surface area (Å²) in [5, 5.41) is 1.10. The van der Waals surface area contributed by atoms with Crippen LogP contribution in [-0.2, 0) is 0 Å². The number of hydrogen-bond acceptors (Lipinski definition) is 4. The number of hydrogen-bond donors (Lipinski definition) is 0. The van der Waals surface area contributed by atoms with Crippen LogP contribution in [0.5, 0.6) is 11.8 Å². The van der Waals surface area contributed by atoms with Gasteiger partial charge in [0, 0.05) is 5.39 Å². The minimum atomic E-state index is 0.262. The van der Waals surface area contributed by atoms with Crippen molar-refractivity contribution in [1.29, 1.82) is 0 Å². The molecule has 0 atom stereocenters. The number of rotatable bonds is 2. The second kappa shape index (κ2) is 3.90. The van der Waals surface area contributed by atoms with Crippen molar-refractivity contribution < 1.29 is 9.47 Å². The van der Waals surface area contributed by atoms with Crippen molar-refractivity contribution in [1.82, 2.24) is 9.97 Å². The van der Waals surface area contributed by atoms with Crippen molar-refractivity contribution in [2.45, 2.75) is 0 Å². The number of nitrogens with zero attached hydrogens (tertiary/aromatic N) is 2. The van der Waals surface area contributed by atoms with Gasteiger partial charge in [-0.1, -0.05) is 11.6 Å². The largest absolute Gasteiger partial charge is 0.497 e. The molecule has 0 unspecified atom stereocenters. The van der Waals surface area contributed by atoms with E-state index in [4.69, 9.17) is 21.1 Å². The number of methoxy groups -OCH3 is 2. The molecule has 0 fully saturated rings. The Morgan fingerprint density at radius 1 is 1.13 bits per heavy atom. The van der Waals surface area contributed by atoms with Gasteiger partial charge in [-0.2, -0.15) is 9.97 Å². The molecule has 78 valence electrons. The summed E-state index contributed by atoms with van der Waals surface area (Å²) in [5.74, 6) is 0.721. The molecule has 2 rings (SSSR count). The van der Waals surface area contributed by atoms with Crippen LogP contribution in [0.1, 0.15) is 0 Å². The SMILES string of the molecule is COc1ccc2nc(OC)nc(Cl)c2c1. The van der Waals surface area contributed by atoms with Gasteiger partial charge < -0.3 is 9.47 Å². The first-order valence-corrected chi connectivity index (χ1v) is 4.67. The Balaban J connectivity index is 2.68. The lowest BCUT2D eigenvalue weighted by atomic mass is 10.2. The predicted molar refractivity (Wildman–Crippen MR) is 57.7 cm³/mol. The van der Waals surface area contributed by atoms with Crippen LogP contribution in [0.4, 0.5) is 0 Å². The molecule has 0 aliphatic rings. The normalized spacial score (nSPS) is 10.3. The topological polar surface area (TPSA) is 44.2 Å². The molecule has 0 saturated heterocycles. The van der Waals surface area contributed by atoms with Crippen molar-refractivity contribution in [3.05, 3.63) is 23.4 Å². The Morgan fingerprint density at radius 2 is 1.93 bits per heavy atom. The van der Waals surface area contributed by atoms with E-state index in [-0.39, 0.29) is 6.01 Å². The summed E-state index contributed by atoms with van der Waals surface area (Å²) in [6.45, 7) is 0. The first-order valence-electron chi connectivity index (χ1n) is 4.30. The summed E-state index contributed by atoms with van der Waals surface area (Å²) in [6.07, 6.45) is 0. The molecule has 0 amide bonds. The van der Waals surface area contributed by atoms with Crippen LogP contribution in [0.15, 0.2) is 18.2 Å². The van der Waals surface area contributed by atoms with E-state index in [9.17, 15) is 0 Å². The Kier molecular flexibility index (Phi) is 2.60. The van der Waals surface area contributed by atoms with Gasteiger partial charge in [0.25, 0.3) is 0 Å². The highest BCUT2D eigenvalue weighted by atomic mass is 35.5. The lowest BCUT2D eigenvalue weighted by Gasteiger charge is -2.04. The maximum Gasteiger partial charge on any atom is 0.318 e. The van der Waals surface area contributed by atoms with Gasteiger partial charge in [0.2, 0.25) is 0 Å². The van der Waals surface area contributed by atoms with E-state index in [1.165, 1.54) is 7.11 Å². The van der Waals surface area contributed by atoms with Crippen LogP contribution >= 0.6 is 11.6 Å². The van der Waals surface area contributed by atoms with Gasteiger partial charge in [-0.3, -0.25) is 0 Å². The van der Waals surface area contributed by atoms with Gasteiger partial charge in [0.1, 0.15) is 10.9 Å². The zero-order valence-corrected chi connectivity index (χ0v) is 9.08. The van der Waals surface area contributed by atoms with Crippen LogP contribution in [0.2, 0.25) is 5.15 Å². The zero-order chi connectivity index (χ0) is 10.8. The Labute approximate surface area is 91.8 Å². The molecule has 15 heavy (non-hydrogen) atoms. The average molecular weight is 225 g/mol. The summed E-state index contributed by atoms with van der Waals surface area (Å²) in [5.41, 5.74) is 0.729. The lowest BCUT2D eigenvalue weighted by Crippen LogP contribution is -1.93. The van der Waals surface area contributed by atoms with Gasteiger partial charge >= 0.3 is 6.01 Å². The van der Waals surface area contributed by atoms with E-state index in [1.807, 2.05) is 12.1 Å². The number of ether oxygens (including phenoxy) is 2. The molecule has 0 aliphatic heterocycles. The van der Waals surface area contributed by atoms with E-state index < -0.39 is 0 Å². The highest BCUT2D eigenvalue weighted by molar-refractivity contribution is 6.34. The lowest BCUT2D eigenvalue weighted by molar-refractivity contribution is 0.382. The molecule has 0 spiro atoms. The summed E-state index contributed by atoms with van der Waals surface area (Å²) in [7, 11) is 3.10. The molecule has 1 heterocycles. The number of benzene rings is 1. The summed E-state index contributed by atoms with van der Waals surface area (Å²) < 4.78 is 10.0. The fraction of sp³-hybridized carbons (Fsp3) is 0.200. The van der Waals surface area contributed by atoms with Gasteiger partial charge in [0.05, 0.1) is 19.7 Å². The summed E-state index contributed by atoms with van der Waals surface area (Å²) in [6, 6.07) is 5.67. The minimum Gasteiger partial charge on any atom is -0.497 e. The van der Waals surface area contributed by atoms with Gasteiger partial charge in [-0.05, 0) is 18.2 Å². The van der Waals surface area contributed by atoms with E-state index in [2.05, 4.69) is 9.97 Å². The Bertz CT molecular complexity index is 502. The van der Waals surface area contributed by atoms with Crippen LogP contribution < -0.4 is 9.47 Å². The average Bonchev–Trinajstić information content (AvgIpc) is 2.28. The first-order chi connectivity index (χ1) is 7.24. The van der Waals surface area contributed by atoms with Crippen LogP contribution in [0.25, 0.3) is 10.9 Å². The highest BCUT2D eigenvalue weighted by Gasteiger charge is 2.06. The van der Waals surface area contributed by atoms with Crippen molar-refractivity contribution in [3.63, 3.8) is 0 Å². The third kappa shape index (κ3) is 1.80. The summed E-state index contributed by atoms with van der Waals surface area (Å²) >= 11 is 5.98. The maximum atomic E-state index is 5.98. The number of halogens is 1. The number of aromatic nitrogens is 2. The molecule has 0 bridgehead atoms. The molecule has 1 aromatic carbocycles. The predicted octanol–water partition coefficient (Wildman–Crippen LogP) is 2.30. The van der Waals surface area contributed by atoms with Gasteiger partial charge in [0.15, 0.2) is 0 Å². The summed E-state index contributed by atoms with van der Waals surface area (Å²) in [4.78, 5) is 8.13. The van der Waals surface area contributed by atoms with E-state index in [0.29, 0.717) is 5.15 Å². The third-order valence-electron chi connectivity index (χ3n) is 2.02. The highest BCUT2D eigenvalue weighted by Crippen LogP contribution is 2.26. The van der Waals surface area contributed by atoms with Gasteiger partial charge in [-0.15, -0.1) is 0 Å². The quantitative estimate of drug-likeness (QED) is 0.735. The molecular formula is C10H9ClN2O2. The van der Waals surface area contributed by atoms with Crippen molar-refractivity contribution in [2.75, 3.05) is 14.2 Å². The fourth-order valence-corrected chi connectivity index (χ4v) is 1.49. The molecule has 0 radical (unpaired) electrons. The standard InChI is InChI=1S/C10H9ClN2O2/c1-14-6-3-4-8-7(5-6)9(11)13-10(12-8)15-2/h3-5H,1-2H3. The first kappa shape index (κ1) is 9.98. The fourth-order valence-electron chi connectivity index (χ4n) is 1.27. The van der Waals surface area contributed by atoms with Crippen LogP contribution in [-0.4, -0.2) is 24.2 Å². The monoisotopic (exact) mass is 224 g/mol. The molecule has 2 aromatic rings.